The van der Waals surface area contributed by atoms with Crippen molar-refractivity contribution in [3.63, 3.8) is 0 Å². The van der Waals surface area contributed by atoms with Crippen molar-refractivity contribution in [3.05, 3.63) is 0 Å². The second kappa shape index (κ2) is 5.13. The maximum Gasteiger partial charge on any atom is 2.00 e. The van der Waals surface area contributed by atoms with Gasteiger partial charge in [0.1, 0.15) is 0 Å². The van der Waals surface area contributed by atoms with Gasteiger partial charge in [-0.2, -0.15) is 8.42 Å². The smallest absolute Gasteiger partial charge is 0.725 e. The quantitative estimate of drug-likeness (QED) is 0.172. The van der Waals surface area contributed by atoms with Gasteiger partial charge in [0.05, 0.1) is 0 Å². The van der Waals surface area contributed by atoms with Gasteiger partial charge in [-0.1, -0.05) is 0 Å². The normalized spacial score (nSPS) is 12.2. The Morgan fingerprint density at radius 1 is 1.09 bits per heavy atom. The van der Waals surface area contributed by atoms with Gasteiger partial charge < -0.3 is 14.1 Å². The molecule has 0 aromatic heterocycles. The summed E-state index contributed by atoms with van der Waals surface area (Å²) in [5, 5.41) is 9.01. The average Bonchev–Trinajstić information content (AvgIpc) is 1.60. The molecular weight excluding hydrogens is 329 g/mol. The first-order valence-corrected chi connectivity index (χ1v) is 4.17. The standard InChI is InChI=1S/Ba.H2O8S2/c;1-7-10(5,6)8-9(2,3)4/h;1H,(H,2,3,4)/q+2;/p-2. The van der Waals surface area contributed by atoms with Crippen molar-refractivity contribution in [1.29, 1.82) is 0 Å². The van der Waals surface area contributed by atoms with Gasteiger partial charge in [0, 0.05) is 0 Å². The summed E-state index contributed by atoms with van der Waals surface area (Å²) in [6.45, 7) is 0. The van der Waals surface area contributed by atoms with Gasteiger partial charge in [0.25, 0.3) is 0 Å². The average molecular weight is 329 g/mol. The third kappa shape index (κ3) is 9.22. The predicted molar refractivity (Wildman–Crippen MR) is 26.5 cm³/mol. The van der Waals surface area contributed by atoms with E-state index in [-0.39, 0.29) is 48.9 Å². The summed E-state index contributed by atoms with van der Waals surface area (Å²) in [5.41, 5.74) is 0. The van der Waals surface area contributed by atoms with E-state index in [0.717, 1.165) is 0 Å². The Bertz CT molecular complexity index is 280. The maximum atomic E-state index is 9.68. The molecule has 0 fully saturated rings. The number of hydrogen-bond acceptors (Lipinski definition) is 8. The molecule has 0 heterocycles. The summed E-state index contributed by atoms with van der Waals surface area (Å²) in [6, 6.07) is 0. The van der Waals surface area contributed by atoms with Gasteiger partial charge in [0.15, 0.2) is 0 Å². The number of hydrogen-bond donors (Lipinski definition) is 0. The van der Waals surface area contributed by atoms with E-state index in [9.17, 15) is 21.4 Å². The van der Waals surface area contributed by atoms with Crippen LogP contribution in [0.1, 0.15) is 0 Å². The molecule has 62 valence electrons. The van der Waals surface area contributed by atoms with Crippen molar-refractivity contribution in [2.45, 2.75) is 0 Å². The number of rotatable bonds is 3. The summed E-state index contributed by atoms with van der Waals surface area (Å²) >= 11 is 0. The largest absolute Gasteiger partial charge is 2.00 e. The molecule has 8 nitrogen and oxygen atoms in total. The van der Waals surface area contributed by atoms with Crippen LogP contribution in [-0.2, 0) is 28.8 Å². The minimum Gasteiger partial charge on any atom is -0.725 e. The molecule has 0 rings (SSSR count). The molecule has 0 radical (unpaired) electrons. The fraction of sp³-hybridized carbons (Fsp3) is 0. The molecule has 0 aliphatic heterocycles. The van der Waals surface area contributed by atoms with E-state index in [0.29, 0.717) is 0 Å². The van der Waals surface area contributed by atoms with Crippen molar-refractivity contribution in [2.75, 3.05) is 0 Å². The van der Waals surface area contributed by atoms with Gasteiger partial charge in [-0.3, -0.25) is 0 Å². The Morgan fingerprint density at radius 3 is 1.55 bits per heavy atom. The molecule has 0 unspecified atom stereocenters. The molecule has 0 saturated heterocycles. The predicted octanol–water partition coefficient (Wildman–Crippen LogP) is -3.38. The Morgan fingerprint density at radius 2 is 1.45 bits per heavy atom. The first-order chi connectivity index (χ1) is 4.27. The van der Waals surface area contributed by atoms with Crippen LogP contribution in [0.3, 0.4) is 0 Å². The van der Waals surface area contributed by atoms with Crippen molar-refractivity contribution >= 4 is 69.7 Å². The van der Waals surface area contributed by atoms with Crippen LogP contribution in [0.25, 0.3) is 0 Å². The maximum absolute atomic E-state index is 9.68. The Kier molecular flexibility index (Phi) is 6.91. The van der Waals surface area contributed by atoms with Gasteiger partial charge in [-0.15, -0.1) is 3.63 Å². The SMILES string of the molecule is O=S(=O)([O-])OS(=O)(=O)O[O-].[Ba+2]. The van der Waals surface area contributed by atoms with E-state index in [1.807, 2.05) is 0 Å². The third-order valence-corrected chi connectivity index (χ3v) is 1.75. The molecule has 0 atom stereocenters. The summed E-state index contributed by atoms with van der Waals surface area (Å²) in [4.78, 5) is 0. The van der Waals surface area contributed by atoms with Crippen LogP contribution < -0.4 is 5.26 Å². The van der Waals surface area contributed by atoms with Crippen LogP contribution in [0.5, 0.6) is 0 Å². The van der Waals surface area contributed by atoms with Gasteiger partial charge in [0.2, 0.25) is 10.4 Å². The molecule has 0 saturated carbocycles. The van der Waals surface area contributed by atoms with Crippen LogP contribution >= 0.6 is 0 Å². The van der Waals surface area contributed by atoms with Crippen LogP contribution in [0.2, 0.25) is 0 Å². The van der Waals surface area contributed by atoms with E-state index in [1.165, 1.54) is 0 Å². The zero-order chi connectivity index (χ0) is 8.41. The topological polar surface area (TPSA) is 133 Å². The molecule has 0 aromatic carbocycles. The molecule has 11 heavy (non-hydrogen) atoms. The monoisotopic (exact) mass is 330 g/mol. The van der Waals surface area contributed by atoms with Crippen molar-refractivity contribution in [1.82, 2.24) is 0 Å². The molecule has 0 bridgehead atoms. The Labute approximate surface area is 103 Å². The van der Waals surface area contributed by atoms with E-state index in [4.69, 9.17) is 5.26 Å². The molecule has 0 spiro atoms. The molecule has 0 aliphatic carbocycles. The first-order valence-electron chi connectivity index (χ1n) is 1.50. The Balaban J connectivity index is 0. The summed E-state index contributed by atoms with van der Waals surface area (Å²) in [6.07, 6.45) is 0. The van der Waals surface area contributed by atoms with Crippen molar-refractivity contribution in [2.24, 2.45) is 0 Å². The van der Waals surface area contributed by atoms with E-state index in [1.54, 1.807) is 0 Å². The zero-order valence-corrected chi connectivity index (χ0v) is 10.9. The van der Waals surface area contributed by atoms with Crippen LogP contribution in [-0.4, -0.2) is 70.3 Å². The summed E-state index contributed by atoms with van der Waals surface area (Å²) in [5.74, 6) is 0. The fourth-order valence-electron chi connectivity index (χ4n) is 0.113. The summed E-state index contributed by atoms with van der Waals surface area (Å²) < 4.78 is 52.5. The third-order valence-electron chi connectivity index (χ3n) is 0.250. The van der Waals surface area contributed by atoms with Gasteiger partial charge in [-0.25, -0.2) is 8.42 Å². The minimum absolute atomic E-state index is 0. The van der Waals surface area contributed by atoms with Crippen LogP contribution in [0.15, 0.2) is 0 Å². The fourth-order valence-corrected chi connectivity index (χ4v) is 1.02. The van der Waals surface area contributed by atoms with Crippen LogP contribution in [0.4, 0.5) is 0 Å². The molecule has 0 aromatic rings. The van der Waals surface area contributed by atoms with Gasteiger partial charge >= 0.3 is 59.3 Å². The second-order valence-corrected chi connectivity index (χ2v) is 3.27. The zero-order valence-electron chi connectivity index (χ0n) is 4.79. The summed E-state index contributed by atoms with van der Waals surface area (Å²) in [7, 11) is -10.7. The molecule has 11 heteroatoms. The molecule has 0 amide bonds. The van der Waals surface area contributed by atoms with Crippen molar-refractivity contribution < 1.29 is 34.6 Å². The Hall–Kier alpha value is 1.31. The van der Waals surface area contributed by atoms with E-state index in [2.05, 4.69) is 7.96 Å². The minimum atomic E-state index is -5.46. The first kappa shape index (κ1) is 14.8. The molecule has 0 aliphatic rings. The van der Waals surface area contributed by atoms with E-state index >= 15 is 0 Å². The molecule has 0 N–H and O–H groups in total. The van der Waals surface area contributed by atoms with Crippen LogP contribution in [0, 0.1) is 0 Å². The second-order valence-electron chi connectivity index (χ2n) is 0.953. The molecular formula is BaO8S2. The van der Waals surface area contributed by atoms with E-state index < -0.39 is 20.8 Å². The van der Waals surface area contributed by atoms with Crippen molar-refractivity contribution in [3.8, 4) is 0 Å². The van der Waals surface area contributed by atoms with Gasteiger partial charge in [-0.05, 0) is 0 Å².